The Bertz CT molecular complexity index is 309. The highest BCUT2D eigenvalue weighted by molar-refractivity contribution is 6.08. The van der Waals surface area contributed by atoms with Crippen molar-refractivity contribution in [3.05, 3.63) is 0 Å². The van der Waals surface area contributed by atoms with Gasteiger partial charge in [0.15, 0.2) is 0 Å². The smallest absolute Gasteiger partial charge is 0.308 e. The van der Waals surface area contributed by atoms with Crippen LogP contribution in [-0.4, -0.2) is 28.3 Å². The highest BCUT2D eigenvalue weighted by Gasteiger charge is 2.55. The molecule has 1 saturated carbocycles. The van der Waals surface area contributed by atoms with Crippen molar-refractivity contribution in [3.63, 3.8) is 0 Å². The third-order valence-corrected chi connectivity index (χ3v) is 3.72. The number of hydrogen-bond acceptors (Lipinski definition) is 2. The van der Waals surface area contributed by atoms with Crippen molar-refractivity contribution in [1.82, 2.24) is 10.2 Å². The largest absolute Gasteiger partial charge is 0.323 e. The lowest BCUT2D eigenvalue weighted by Gasteiger charge is -2.39. The van der Waals surface area contributed by atoms with Gasteiger partial charge in [-0.1, -0.05) is 20.8 Å². The number of amidine groups is 1. The molecule has 0 spiro atoms. The van der Waals surface area contributed by atoms with Gasteiger partial charge in [0.25, 0.3) is 0 Å². The van der Waals surface area contributed by atoms with E-state index in [4.69, 9.17) is 5.41 Å². The van der Waals surface area contributed by atoms with Crippen molar-refractivity contribution in [1.29, 1.82) is 5.41 Å². The third kappa shape index (κ3) is 1.27. The molecule has 15 heavy (non-hydrogen) atoms. The van der Waals surface area contributed by atoms with E-state index in [1.807, 2.05) is 4.90 Å². The molecule has 1 saturated heterocycles. The minimum absolute atomic E-state index is 0.0712. The summed E-state index contributed by atoms with van der Waals surface area (Å²) >= 11 is 0. The molecule has 4 nitrogen and oxygen atoms in total. The summed E-state index contributed by atoms with van der Waals surface area (Å²) in [6.45, 7) is 6.24. The van der Waals surface area contributed by atoms with E-state index >= 15 is 0 Å². The molecule has 1 unspecified atom stereocenters. The fraction of sp³-hybridized carbons (Fsp3) is 0.818. The van der Waals surface area contributed by atoms with E-state index in [0.29, 0.717) is 11.9 Å². The highest BCUT2D eigenvalue weighted by Crippen LogP contribution is 2.41. The Hall–Kier alpha value is -1.06. The van der Waals surface area contributed by atoms with Crippen LogP contribution in [0.25, 0.3) is 0 Å². The lowest BCUT2D eigenvalue weighted by atomic mass is 9.82. The van der Waals surface area contributed by atoms with Gasteiger partial charge in [0, 0.05) is 6.04 Å². The second kappa shape index (κ2) is 3.22. The van der Waals surface area contributed by atoms with E-state index in [0.717, 1.165) is 19.3 Å². The second-order valence-corrected chi connectivity index (χ2v) is 4.84. The Labute approximate surface area is 90.5 Å². The van der Waals surface area contributed by atoms with Gasteiger partial charge < -0.3 is 4.90 Å². The van der Waals surface area contributed by atoms with Crippen LogP contribution in [-0.2, 0) is 0 Å². The van der Waals surface area contributed by atoms with Crippen molar-refractivity contribution in [3.8, 4) is 0 Å². The monoisotopic (exact) mass is 209 g/mol. The van der Waals surface area contributed by atoms with Crippen molar-refractivity contribution >= 4 is 11.9 Å². The summed E-state index contributed by atoms with van der Waals surface area (Å²) in [6, 6.07) is 0.299. The molecular weight excluding hydrogens is 190 g/mol. The zero-order valence-corrected chi connectivity index (χ0v) is 9.63. The van der Waals surface area contributed by atoms with Crippen molar-refractivity contribution in [2.75, 3.05) is 0 Å². The highest BCUT2D eigenvalue weighted by atomic mass is 16.2. The van der Waals surface area contributed by atoms with Gasteiger partial charge in [-0.15, -0.1) is 0 Å². The van der Waals surface area contributed by atoms with Crippen molar-refractivity contribution in [2.24, 2.45) is 5.92 Å². The minimum Gasteiger partial charge on any atom is -0.308 e. The molecule has 0 aromatic rings. The van der Waals surface area contributed by atoms with Crippen molar-refractivity contribution < 1.29 is 4.79 Å². The van der Waals surface area contributed by atoms with Crippen LogP contribution in [0.2, 0.25) is 0 Å². The Kier molecular flexibility index (Phi) is 2.24. The van der Waals surface area contributed by atoms with E-state index in [-0.39, 0.29) is 17.5 Å². The van der Waals surface area contributed by atoms with Crippen LogP contribution in [0.1, 0.15) is 40.0 Å². The first-order valence-corrected chi connectivity index (χ1v) is 5.73. The number of rotatable bonds is 3. The zero-order chi connectivity index (χ0) is 11.2. The fourth-order valence-electron chi connectivity index (χ4n) is 2.72. The summed E-state index contributed by atoms with van der Waals surface area (Å²) in [6.07, 6.45) is 3.00. The van der Waals surface area contributed by atoms with Gasteiger partial charge in [0.1, 0.15) is 11.4 Å². The maximum absolute atomic E-state index is 11.8. The van der Waals surface area contributed by atoms with Crippen LogP contribution >= 0.6 is 0 Å². The number of carbonyl (C=O) groups is 1. The summed E-state index contributed by atoms with van der Waals surface area (Å²) in [5.74, 6) is 0.673. The Morgan fingerprint density at radius 3 is 2.60 bits per heavy atom. The Morgan fingerprint density at radius 2 is 2.20 bits per heavy atom. The molecule has 1 aliphatic carbocycles. The molecule has 2 amide bonds. The molecule has 84 valence electrons. The first kappa shape index (κ1) is 10.5. The maximum Gasteiger partial charge on any atom is 0.323 e. The van der Waals surface area contributed by atoms with Gasteiger partial charge in [-0.3, -0.25) is 10.7 Å². The lowest BCUT2D eigenvalue weighted by molar-refractivity contribution is 0.134. The summed E-state index contributed by atoms with van der Waals surface area (Å²) in [4.78, 5) is 13.7. The van der Waals surface area contributed by atoms with Crippen LogP contribution in [0, 0.1) is 11.3 Å². The van der Waals surface area contributed by atoms with Crippen LogP contribution in [0.4, 0.5) is 4.79 Å². The first-order valence-electron chi connectivity index (χ1n) is 5.73. The molecule has 2 N–H and O–H groups in total. The molecular formula is C11H19N3O. The summed E-state index contributed by atoms with van der Waals surface area (Å²) in [5, 5.41) is 10.7. The molecule has 1 heterocycles. The van der Waals surface area contributed by atoms with E-state index in [9.17, 15) is 4.79 Å². The van der Waals surface area contributed by atoms with Crippen LogP contribution < -0.4 is 5.32 Å². The molecule has 1 aliphatic heterocycles. The predicted octanol–water partition coefficient (Wildman–Crippen LogP) is 1.96. The van der Waals surface area contributed by atoms with E-state index < -0.39 is 0 Å². The van der Waals surface area contributed by atoms with Gasteiger partial charge >= 0.3 is 6.03 Å². The predicted molar refractivity (Wildman–Crippen MR) is 59.0 cm³/mol. The molecule has 0 aromatic carbocycles. The van der Waals surface area contributed by atoms with Crippen molar-refractivity contribution in [2.45, 2.75) is 51.6 Å². The molecule has 0 radical (unpaired) electrons. The molecule has 0 bridgehead atoms. The van der Waals surface area contributed by atoms with Gasteiger partial charge in [-0.25, -0.2) is 4.79 Å². The average molecular weight is 209 g/mol. The van der Waals surface area contributed by atoms with E-state index in [2.05, 4.69) is 26.1 Å². The normalized spacial score (nSPS) is 31.3. The zero-order valence-electron chi connectivity index (χ0n) is 9.63. The number of hydrogen-bond donors (Lipinski definition) is 2. The number of urea groups is 1. The summed E-state index contributed by atoms with van der Waals surface area (Å²) in [7, 11) is 0. The molecule has 0 aromatic heterocycles. The standard InChI is InChI=1S/C11H19N3O/c1-4-11(7(2)3)9(12)13-10(15)14(11)8-5-6-8/h7-8H,4-6H2,1-3H3,(H2,12,13,15). The van der Waals surface area contributed by atoms with Gasteiger partial charge in [-0.2, -0.15) is 0 Å². The van der Waals surface area contributed by atoms with Gasteiger partial charge in [0.2, 0.25) is 0 Å². The molecule has 2 aliphatic rings. The lowest BCUT2D eigenvalue weighted by Crippen LogP contribution is -2.54. The Balaban J connectivity index is 2.39. The maximum atomic E-state index is 11.8. The SMILES string of the molecule is CCC1(C(C)C)C(=N)NC(=O)N1C1CC1. The summed E-state index contributed by atoms with van der Waals surface area (Å²) in [5.41, 5.74) is -0.377. The fourth-order valence-corrected chi connectivity index (χ4v) is 2.72. The molecule has 2 fully saturated rings. The van der Waals surface area contributed by atoms with Gasteiger partial charge in [0.05, 0.1) is 0 Å². The van der Waals surface area contributed by atoms with Crippen LogP contribution in [0.15, 0.2) is 0 Å². The van der Waals surface area contributed by atoms with E-state index in [1.165, 1.54) is 0 Å². The average Bonchev–Trinajstić information content (AvgIpc) is 2.92. The quantitative estimate of drug-likeness (QED) is 0.733. The summed E-state index contributed by atoms with van der Waals surface area (Å²) < 4.78 is 0. The van der Waals surface area contributed by atoms with Crippen LogP contribution in [0.5, 0.6) is 0 Å². The number of nitrogens with zero attached hydrogens (tertiary/aromatic N) is 1. The topological polar surface area (TPSA) is 56.2 Å². The molecule has 4 heteroatoms. The number of nitrogens with one attached hydrogen (secondary N) is 2. The molecule has 2 rings (SSSR count). The molecule has 1 atom stereocenters. The number of carbonyl (C=O) groups excluding carboxylic acids is 1. The third-order valence-electron chi connectivity index (χ3n) is 3.72. The second-order valence-electron chi connectivity index (χ2n) is 4.84. The number of amides is 2. The Morgan fingerprint density at radius 1 is 1.60 bits per heavy atom. The van der Waals surface area contributed by atoms with E-state index in [1.54, 1.807) is 0 Å². The van der Waals surface area contributed by atoms with Crippen LogP contribution in [0.3, 0.4) is 0 Å². The minimum atomic E-state index is -0.377. The first-order chi connectivity index (χ1) is 7.04. The van der Waals surface area contributed by atoms with Gasteiger partial charge in [-0.05, 0) is 25.2 Å².